The monoisotopic (exact) mass is 343 g/mol. The van der Waals surface area contributed by atoms with E-state index in [9.17, 15) is 4.79 Å². The molecule has 0 aliphatic heterocycles. The molecule has 0 radical (unpaired) electrons. The van der Waals surface area contributed by atoms with Gasteiger partial charge in [-0.15, -0.1) is 0 Å². The molecule has 0 aliphatic rings. The topological polar surface area (TPSA) is 20.3 Å². The first-order chi connectivity index (χ1) is 12.6. The summed E-state index contributed by atoms with van der Waals surface area (Å²) < 4.78 is 0. The highest BCUT2D eigenvalue weighted by molar-refractivity contribution is 6.08. The Labute approximate surface area is 156 Å². The summed E-state index contributed by atoms with van der Waals surface area (Å²) in [6.45, 7) is 0. The lowest BCUT2D eigenvalue weighted by molar-refractivity contribution is 0.103. The fraction of sp³-hybridized carbons (Fsp3) is 0.208. The van der Waals surface area contributed by atoms with Gasteiger partial charge in [-0.05, 0) is 42.5 Å². The summed E-state index contributed by atoms with van der Waals surface area (Å²) in [6, 6.07) is 26.2. The Morgan fingerprint density at radius 2 is 1.19 bits per heavy atom. The summed E-state index contributed by atoms with van der Waals surface area (Å²) in [5.41, 5.74) is 5.36. The second-order valence-electron chi connectivity index (χ2n) is 6.81. The van der Waals surface area contributed by atoms with E-state index in [0.29, 0.717) is 0 Å². The van der Waals surface area contributed by atoms with Crippen molar-refractivity contribution < 1.29 is 4.79 Å². The van der Waals surface area contributed by atoms with Crippen molar-refractivity contribution in [3.05, 3.63) is 101 Å². The van der Waals surface area contributed by atoms with Crippen molar-refractivity contribution in [2.45, 2.75) is 19.3 Å². The van der Waals surface area contributed by atoms with Crippen molar-refractivity contribution >= 4 is 11.5 Å². The molecule has 0 amide bonds. The first kappa shape index (κ1) is 17.9. The zero-order chi connectivity index (χ0) is 18.4. The third-order valence-corrected chi connectivity index (χ3v) is 4.64. The fourth-order valence-electron chi connectivity index (χ4n) is 3.04. The Balaban J connectivity index is 1.54. The second kappa shape index (κ2) is 8.48. The van der Waals surface area contributed by atoms with Crippen molar-refractivity contribution in [3.8, 4) is 0 Å². The Morgan fingerprint density at radius 3 is 1.73 bits per heavy atom. The highest BCUT2D eigenvalue weighted by atomic mass is 16.1. The van der Waals surface area contributed by atoms with Crippen LogP contribution in [0.4, 0.5) is 5.69 Å². The molecule has 0 N–H and O–H groups in total. The van der Waals surface area contributed by atoms with Crippen LogP contribution >= 0.6 is 0 Å². The predicted octanol–water partition coefficient (Wildman–Crippen LogP) is 5.16. The normalized spacial score (nSPS) is 10.5. The van der Waals surface area contributed by atoms with E-state index in [1.54, 1.807) is 0 Å². The van der Waals surface area contributed by atoms with Gasteiger partial charge >= 0.3 is 0 Å². The molecule has 0 aromatic heterocycles. The lowest BCUT2D eigenvalue weighted by atomic mass is 9.99. The lowest BCUT2D eigenvalue weighted by Gasteiger charge is -2.12. The van der Waals surface area contributed by atoms with Crippen LogP contribution in [0.3, 0.4) is 0 Å². The van der Waals surface area contributed by atoms with Crippen LogP contribution in [0.25, 0.3) is 0 Å². The molecule has 3 rings (SSSR count). The van der Waals surface area contributed by atoms with Crippen molar-refractivity contribution in [1.29, 1.82) is 0 Å². The van der Waals surface area contributed by atoms with Crippen LogP contribution in [0.5, 0.6) is 0 Å². The van der Waals surface area contributed by atoms with Gasteiger partial charge in [0.2, 0.25) is 0 Å². The van der Waals surface area contributed by atoms with Crippen LogP contribution in [0, 0.1) is 0 Å². The van der Waals surface area contributed by atoms with Gasteiger partial charge in [-0.25, -0.2) is 0 Å². The number of hydrogen-bond acceptors (Lipinski definition) is 2. The van der Waals surface area contributed by atoms with Crippen molar-refractivity contribution in [2.75, 3.05) is 19.0 Å². The van der Waals surface area contributed by atoms with E-state index in [1.165, 1.54) is 16.8 Å². The number of nitrogens with zero attached hydrogens (tertiary/aromatic N) is 1. The smallest absolute Gasteiger partial charge is 0.193 e. The van der Waals surface area contributed by atoms with E-state index in [0.717, 1.165) is 30.4 Å². The number of benzene rings is 3. The lowest BCUT2D eigenvalue weighted by Crippen LogP contribution is -2.08. The number of carbonyl (C=O) groups is 1. The van der Waals surface area contributed by atoms with Gasteiger partial charge in [-0.2, -0.15) is 0 Å². The van der Waals surface area contributed by atoms with Crippen LogP contribution in [-0.4, -0.2) is 19.9 Å². The average Bonchev–Trinajstić information content (AvgIpc) is 2.69. The predicted molar refractivity (Wildman–Crippen MR) is 109 cm³/mol. The highest BCUT2D eigenvalue weighted by Gasteiger charge is 2.08. The number of anilines is 1. The van der Waals surface area contributed by atoms with Crippen molar-refractivity contribution in [3.63, 3.8) is 0 Å². The first-order valence-corrected chi connectivity index (χ1v) is 9.08. The number of carbonyl (C=O) groups excluding carboxylic acids is 1. The Hall–Kier alpha value is -2.87. The fourth-order valence-corrected chi connectivity index (χ4v) is 3.04. The maximum atomic E-state index is 12.4. The van der Waals surface area contributed by atoms with Crippen LogP contribution < -0.4 is 4.90 Å². The highest BCUT2D eigenvalue weighted by Crippen LogP contribution is 2.16. The maximum Gasteiger partial charge on any atom is 0.193 e. The molecule has 132 valence electrons. The zero-order valence-electron chi connectivity index (χ0n) is 15.5. The van der Waals surface area contributed by atoms with Crippen molar-refractivity contribution in [1.82, 2.24) is 0 Å². The van der Waals surface area contributed by atoms with Gasteiger partial charge in [0.15, 0.2) is 5.78 Å². The molecule has 26 heavy (non-hydrogen) atoms. The first-order valence-electron chi connectivity index (χ1n) is 9.08. The number of rotatable bonds is 7. The van der Waals surface area contributed by atoms with E-state index >= 15 is 0 Å². The molecular weight excluding hydrogens is 318 g/mol. The Bertz CT molecular complexity index is 834. The summed E-state index contributed by atoms with van der Waals surface area (Å²) in [6.07, 6.45) is 3.20. The third kappa shape index (κ3) is 4.60. The van der Waals surface area contributed by atoms with Gasteiger partial charge in [0, 0.05) is 30.9 Å². The largest absolute Gasteiger partial charge is 0.378 e. The standard InChI is InChI=1S/C24H25NO/c1-25(2)23-17-13-20(14-18-23)8-6-7-19-11-15-22(16-12-19)24(26)21-9-4-3-5-10-21/h3-5,9-18H,6-8H2,1-2H3. The zero-order valence-corrected chi connectivity index (χ0v) is 15.5. The summed E-state index contributed by atoms with van der Waals surface area (Å²) in [7, 11) is 4.11. The van der Waals surface area contributed by atoms with E-state index in [2.05, 4.69) is 55.4 Å². The van der Waals surface area contributed by atoms with Gasteiger partial charge in [0.1, 0.15) is 0 Å². The quantitative estimate of drug-likeness (QED) is 0.552. The van der Waals surface area contributed by atoms with E-state index in [-0.39, 0.29) is 5.78 Å². The van der Waals surface area contributed by atoms with Gasteiger partial charge in [-0.3, -0.25) is 4.79 Å². The minimum atomic E-state index is 0.0816. The molecule has 0 saturated carbocycles. The Morgan fingerprint density at radius 1 is 0.692 bits per heavy atom. The average molecular weight is 343 g/mol. The number of ketones is 1. The second-order valence-corrected chi connectivity index (χ2v) is 6.81. The number of hydrogen-bond donors (Lipinski definition) is 0. The molecule has 3 aromatic rings. The summed E-state index contributed by atoms with van der Waals surface area (Å²) >= 11 is 0. The number of aryl methyl sites for hydroxylation is 2. The minimum absolute atomic E-state index is 0.0816. The van der Waals surface area contributed by atoms with Gasteiger partial charge in [0.05, 0.1) is 0 Å². The SMILES string of the molecule is CN(C)c1ccc(CCCc2ccc(C(=O)c3ccccc3)cc2)cc1. The molecule has 0 saturated heterocycles. The molecule has 0 fully saturated rings. The molecule has 0 heterocycles. The van der Waals surface area contributed by atoms with Crippen molar-refractivity contribution in [2.24, 2.45) is 0 Å². The molecule has 2 nitrogen and oxygen atoms in total. The summed E-state index contributed by atoms with van der Waals surface area (Å²) in [4.78, 5) is 14.5. The summed E-state index contributed by atoms with van der Waals surface area (Å²) in [5, 5.41) is 0. The molecule has 2 heteroatoms. The molecule has 0 atom stereocenters. The molecule has 0 bridgehead atoms. The van der Waals surface area contributed by atoms with Crippen LogP contribution in [0.2, 0.25) is 0 Å². The van der Waals surface area contributed by atoms with Crippen LogP contribution in [-0.2, 0) is 12.8 Å². The van der Waals surface area contributed by atoms with Crippen LogP contribution in [0.15, 0.2) is 78.9 Å². The van der Waals surface area contributed by atoms with Gasteiger partial charge in [0.25, 0.3) is 0 Å². The summed E-state index contributed by atoms with van der Waals surface area (Å²) in [5.74, 6) is 0.0816. The van der Waals surface area contributed by atoms with E-state index in [4.69, 9.17) is 0 Å². The van der Waals surface area contributed by atoms with E-state index < -0.39 is 0 Å². The minimum Gasteiger partial charge on any atom is -0.378 e. The molecule has 0 spiro atoms. The van der Waals surface area contributed by atoms with Crippen LogP contribution in [0.1, 0.15) is 33.5 Å². The molecule has 0 unspecified atom stereocenters. The molecule has 0 aliphatic carbocycles. The van der Waals surface area contributed by atoms with Gasteiger partial charge < -0.3 is 4.90 Å². The maximum absolute atomic E-state index is 12.4. The Kier molecular flexibility index (Phi) is 5.85. The van der Waals surface area contributed by atoms with E-state index in [1.807, 2.05) is 42.5 Å². The van der Waals surface area contributed by atoms with Gasteiger partial charge in [-0.1, -0.05) is 66.7 Å². The molecular formula is C24H25NO. The molecule has 3 aromatic carbocycles. The third-order valence-electron chi connectivity index (χ3n) is 4.64.